The van der Waals surface area contributed by atoms with Crippen molar-refractivity contribution in [2.75, 3.05) is 9.80 Å². The molecule has 0 N–H and O–H groups in total. The first-order chi connectivity index (χ1) is 30.0. The predicted molar refractivity (Wildman–Crippen MR) is 262 cm³/mol. The fourth-order valence-corrected chi connectivity index (χ4v) is 8.64. The van der Waals surface area contributed by atoms with Gasteiger partial charge in [-0.05, 0) is 92.3 Å². The molecule has 0 radical (unpaired) electrons. The molecule has 3 heterocycles. The number of fused-ring (bicyclic) bond motifs is 3. The van der Waals surface area contributed by atoms with Crippen molar-refractivity contribution < 1.29 is 25.8 Å². The molecule has 1 aliphatic rings. The van der Waals surface area contributed by atoms with E-state index in [2.05, 4.69) is 236 Å². The van der Waals surface area contributed by atoms with Gasteiger partial charge in [-0.3, -0.25) is 0 Å². The van der Waals surface area contributed by atoms with Crippen molar-refractivity contribution in [2.24, 2.45) is 0 Å². The third kappa shape index (κ3) is 8.55. The summed E-state index contributed by atoms with van der Waals surface area (Å²) < 4.78 is 8.83. The zero-order chi connectivity index (χ0) is 44.3. The summed E-state index contributed by atoms with van der Waals surface area (Å²) in [6, 6.07) is 57.1. The number of ether oxygens (including phenoxy) is 1. The van der Waals surface area contributed by atoms with Gasteiger partial charge in [-0.1, -0.05) is 154 Å². The zero-order valence-electron chi connectivity index (χ0n) is 38.6. The van der Waals surface area contributed by atoms with E-state index in [1.807, 2.05) is 24.4 Å². The smallest absolute Gasteiger partial charge is 0.135 e. The molecule has 5 nitrogen and oxygen atoms in total. The van der Waals surface area contributed by atoms with E-state index in [-0.39, 0.29) is 42.7 Å². The molecular weight excluding hydrogens is 964 g/mol. The fourth-order valence-electron chi connectivity index (χ4n) is 8.64. The van der Waals surface area contributed by atoms with Crippen LogP contribution in [0.1, 0.15) is 103 Å². The number of nitrogens with zero attached hydrogens (tertiary/aromatic N) is 4. The summed E-state index contributed by atoms with van der Waals surface area (Å²) in [6.45, 7) is 24.9. The van der Waals surface area contributed by atoms with Gasteiger partial charge >= 0.3 is 0 Å². The van der Waals surface area contributed by atoms with Gasteiger partial charge in [0.05, 0.1) is 0 Å². The van der Waals surface area contributed by atoms with Crippen LogP contribution in [0.15, 0.2) is 158 Å². The van der Waals surface area contributed by atoms with Crippen LogP contribution < -0.4 is 14.5 Å². The topological polar surface area (TPSA) is 33.5 Å². The minimum absolute atomic E-state index is 0. The Balaban J connectivity index is 0.00000560. The standard InChI is InChI=1S/C58H57N4O.Pt/c1-55(2,3)42-24-27-52-51(35-42)50-26-25-49(38-53(50)62(52)54-36-43(28-29-59-54)56(4,5)6)63-48-23-17-22-46(37-48)60-30-31-61(39-60)47-33-44(57(7,8)40-18-13-11-14-19-40)32-45(34-47)58(9,10)41-20-15-12-16-21-41;/h11-36,39H,1-10H3;/q-3;. The largest absolute Gasteiger partial charge is 0.509 e. The van der Waals surface area contributed by atoms with E-state index in [0.717, 1.165) is 33.6 Å². The van der Waals surface area contributed by atoms with Gasteiger partial charge in [-0.15, -0.1) is 48.1 Å². The van der Waals surface area contributed by atoms with E-state index in [0.29, 0.717) is 11.5 Å². The number of rotatable bonds is 9. The average Bonchev–Trinajstić information content (AvgIpc) is 3.90. The van der Waals surface area contributed by atoms with Gasteiger partial charge in [0.1, 0.15) is 5.82 Å². The van der Waals surface area contributed by atoms with E-state index in [4.69, 9.17) is 9.72 Å². The molecule has 0 amide bonds. The Bertz CT molecular complexity index is 2920. The monoisotopic (exact) mass is 1020 g/mol. The molecule has 0 bridgehead atoms. The molecule has 1 aliphatic heterocycles. The van der Waals surface area contributed by atoms with E-state index in [1.54, 1.807) is 0 Å². The first-order valence-electron chi connectivity index (χ1n) is 22.0. The minimum Gasteiger partial charge on any atom is -0.509 e. The molecule has 0 spiro atoms. The van der Waals surface area contributed by atoms with Crippen molar-refractivity contribution in [1.29, 1.82) is 0 Å². The maximum absolute atomic E-state index is 6.61. The number of anilines is 2. The first-order valence-corrected chi connectivity index (χ1v) is 22.0. The number of hydrogen-bond acceptors (Lipinski definition) is 4. The molecule has 8 aromatic rings. The third-order valence-electron chi connectivity index (χ3n) is 12.9. The second-order valence-electron chi connectivity index (χ2n) is 20.0. The molecule has 9 rings (SSSR count). The van der Waals surface area contributed by atoms with Crippen LogP contribution in [0.2, 0.25) is 0 Å². The van der Waals surface area contributed by atoms with Gasteiger partial charge in [0, 0.05) is 60.8 Å². The van der Waals surface area contributed by atoms with Gasteiger partial charge in [-0.2, -0.15) is 12.1 Å². The second-order valence-corrected chi connectivity index (χ2v) is 20.0. The Morgan fingerprint density at radius 1 is 0.500 bits per heavy atom. The van der Waals surface area contributed by atoms with Gasteiger partial charge < -0.3 is 19.1 Å². The van der Waals surface area contributed by atoms with Crippen LogP contribution in [-0.4, -0.2) is 9.55 Å². The van der Waals surface area contributed by atoms with Crippen molar-refractivity contribution in [1.82, 2.24) is 9.55 Å². The van der Waals surface area contributed by atoms with Crippen molar-refractivity contribution >= 4 is 33.2 Å². The second kappa shape index (κ2) is 16.9. The quantitative estimate of drug-likeness (QED) is 0.135. The van der Waals surface area contributed by atoms with E-state index < -0.39 is 0 Å². The van der Waals surface area contributed by atoms with Crippen LogP contribution >= 0.6 is 0 Å². The number of aromatic nitrogens is 2. The predicted octanol–water partition coefficient (Wildman–Crippen LogP) is 14.7. The third-order valence-corrected chi connectivity index (χ3v) is 12.9. The molecule has 328 valence electrons. The Hall–Kier alpha value is -5.90. The normalized spacial score (nSPS) is 13.5. The maximum atomic E-state index is 6.61. The zero-order valence-corrected chi connectivity index (χ0v) is 40.9. The van der Waals surface area contributed by atoms with Crippen molar-refractivity contribution in [3.05, 3.63) is 210 Å². The number of hydrogen-bond donors (Lipinski definition) is 0. The van der Waals surface area contributed by atoms with Crippen LogP contribution in [0.3, 0.4) is 0 Å². The summed E-state index contributed by atoms with van der Waals surface area (Å²) in [4.78, 5) is 9.19. The SMILES string of the molecule is CC(C)(C)c1ccnc(-n2c3[c-]c(Oc4[c-]c(N5C=CN(c6cc(C(C)(C)c7ccccc7)cc(C(C)(C)c7ccccc7)c6)[CH-]5)ccc4)ccc3c3cc(C(C)(C)C)ccc32)c1.[Pt]. The van der Waals surface area contributed by atoms with E-state index in [1.165, 1.54) is 38.8 Å². The van der Waals surface area contributed by atoms with Crippen LogP contribution in [0.25, 0.3) is 27.6 Å². The summed E-state index contributed by atoms with van der Waals surface area (Å²) in [5.41, 5.74) is 11.1. The minimum atomic E-state index is -0.224. The van der Waals surface area contributed by atoms with Crippen molar-refractivity contribution in [2.45, 2.75) is 90.9 Å². The first kappa shape index (κ1) is 44.7. The Morgan fingerprint density at radius 2 is 1.09 bits per heavy atom. The van der Waals surface area contributed by atoms with Crippen LogP contribution in [0, 0.1) is 18.8 Å². The van der Waals surface area contributed by atoms with Gasteiger partial charge in [0.2, 0.25) is 0 Å². The molecule has 0 fully saturated rings. The molecule has 6 aromatic carbocycles. The molecular formula is C58H57N4OPt-3. The summed E-state index contributed by atoms with van der Waals surface area (Å²) in [6.07, 6.45) is 6.10. The Morgan fingerprint density at radius 3 is 1.72 bits per heavy atom. The van der Waals surface area contributed by atoms with E-state index >= 15 is 0 Å². The maximum Gasteiger partial charge on any atom is 0.135 e. The molecule has 0 saturated heterocycles. The summed E-state index contributed by atoms with van der Waals surface area (Å²) in [5.74, 6) is 2.07. The number of benzene rings is 6. The van der Waals surface area contributed by atoms with Crippen molar-refractivity contribution in [3.8, 4) is 17.3 Å². The molecule has 2 aromatic heterocycles. The van der Waals surface area contributed by atoms with Crippen molar-refractivity contribution in [3.63, 3.8) is 0 Å². The molecule has 6 heteroatoms. The Labute approximate surface area is 394 Å². The number of pyridine rings is 1. The molecule has 0 aliphatic carbocycles. The molecule has 0 unspecified atom stereocenters. The molecule has 0 saturated carbocycles. The summed E-state index contributed by atoms with van der Waals surface area (Å²) >= 11 is 0. The summed E-state index contributed by atoms with van der Waals surface area (Å²) in [7, 11) is 0. The van der Waals surface area contributed by atoms with Crippen LogP contribution in [0.5, 0.6) is 11.5 Å². The Kier molecular flexibility index (Phi) is 11.8. The van der Waals surface area contributed by atoms with Crippen LogP contribution in [0.4, 0.5) is 11.4 Å². The van der Waals surface area contributed by atoms with Crippen LogP contribution in [-0.2, 0) is 42.7 Å². The average molecular weight is 1020 g/mol. The van der Waals surface area contributed by atoms with Gasteiger partial charge in [0.25, 0.3) is 0 Å². The van der Waals surface area contributed by atoms with Gasteiger partial charge in [0.15, 0.2) is 0 Å². The molecule has 64 heavy (non-hydrogen) atoms. The molecule has 0 atom stereocenters. The summed E-state index contributed by atoms with van der Waals surface area (Å²) in [5, 5.41) is 2.27. The fraction of sp³-hybridized carbons (Fsp3) is 0.241. The van der Waals surface area contributed by atoms with E-state index in [9.17, 15) is 0 Å². The van der Waals surface area contributed by atoms with Gasteiger partial charge in [-0.25, -0.2) is 4.98 Å².